The van der Waals surface area contributed by atoms with Gasteiger partial charge in [0, 0.05) is 25.2 Å². The second-order valence-electron chi connectivity index (χ2n) is 4.96. The second-order valence-corrected chi connectivity index (χ2v) is 5.78. The van der Waals surface area contributed by atoms with E-state index < -0.39 is 0 Å². The van der Waals surface area contributed by atoms with Gasteiger partial charge < -0.3 is 15.5 Å². The van der Waals surface area contributed by atoms with Crippen LogP contribution < -0.4 is 10.6 Å². The van der Waals surface area contributed by atoms with E-state index in [1.807, 2.05) is 0 Å². The Morgan fingerprint density at radius 1 is 1.36 bits per heavy atom. The quantitative estimate of drug-likeness (QED) is 0.856. The summed E-state index contributed by atoms with van der Waals surface area (Å²) >= 11 is 11.7. The summed E-state index contributed by atoms with van der Waals surface area (Å²) in [5, 5.41) is 6.50. The summed E-state index contributed by atoms with van der Waals surface area (Å²) in [6, 6.07) is 4.79. The molecular weight excluding hydrogens is 349 g/mol. The Morgan fingerprint density at radius 3 is 2.68 bits per heavy atom. The molecule has 1 unspecified atom stereocenters. The van der Waals surface area contributed by atoms with E-state index in [0.717, 1.165) is 19.5 Å². The van der Waals surface area contributed by atoms with Gasteiger partial charge in [0.25, 0.3) is 5.91 Å². The van der Waals surface area contributed by atoms with Gasteiger partial charge in [-0.2, -0.15) is 0 Å². The number of hydrogen-bond acceptors (Lipinski definition) is 3. The molecule has 1 aliphatic rings. The summed E-state index contributed by atoms with van der Waals surface area (Å²) < 4.78 is 0. The van der Waals surface area contributed by atoms with E-state index in [1.54, 1.807) is 24.1 Å². The lowest BCUT2D eigenvalue weighted by Crippen LogP contribution is -2.44. The molecule has 5 nitrogen and oxygen atoms in total. The van der Waals surface area contributed by atoms with Gasteiger partial charge in [0.2, 0.25) is 5.91 Å². The third kappa shape index (κ3) is 4.74. The minimum absolute atomic E-state index is 0. The topological polar surface area (TPSA) is 61.4 Å². The predicted octanol–water partition coefficient (Wildman–Crippen LogP) is 1.97. The molecule has 0 aromatic heterocycles. The van der Waals surface area contributed by atoms with Crippen LogP contribution in [0.3, 0.4) is 0 Å². The highest BCUT2D eigenvalue weighted by Gasteiger charge is 2.23. The Labute approximate surface area is 145 Å². The number of nitrogens with zero attached hydrogens (tertiary/aromatic N) is 1. The summed E-state index contributed by atoms with van der Waals surface area (Å²) in [4.78, 5) is 25.7. The van der Waals surface area contributed by atoms with Gasteiger partial charge in [-0.25, -0.2) is 0 Å². The molecule has 1 atom stereocenters. The molecule has 1 aliphatic heterocycles. The van der Waals surface area contributed by atoms with Crippen LogP contribution in [0.25, 0.3) is 0 Å². The first-order valence-corrected chi connectivity index (χ1v) is 7.44. The third-order valence-electron chi connectivity index (χ3n) is 3.56. The maximum atomic E-state index is 12.0. The molecule has 1 saturated heterocycles. The van der Waals surface area contributed by atoms with Crippen LogP contribution >= 0.6 is 35.6 Å². The van der Waals surface area contributed by atoms with Gasteiger partial charge in [-0.15, -0.1) is 12.4 Å². The molecular formula is C14H18Cl3N3O2. The van der Waals surface area contributed by atoms with Crippen molar-refractivity contribution < 1.29 is 9.59 Å². The van der Waals surface area contributed by atoms with Crippen molar-refractivity contribution in [3.63, 3.8) is 0 Å². The maximum absolute atomic E-state index is 12.0. The highest BCUT2D eigenvalue weighted by molar-refractivity contribution is 6.42. The Hall–Kier alpha value is -1.01. The Kier molecular flexibility index (Phi) is 7.42. The fourth-order valence-corrected chi connectivity index (χ4v) is 2.49. The summed E-state index contributed by atoms with van der Waals surface area (Å²) in [6.45, 7) is 1.67. The zero-order valence-corrected chi connectivity index (χ0v) is 14.4. The van der Waals surface area contributed by atoms with E-state index in [9.17, 15) is 9.59 Å². The zero-order chi connectivity index (χ0) is 15.4. The van der Waals surface area contributed by atoms with Crippen molar-refractivity contribution in [2.24, 2.45) is 0 Å². The van der Waals surface area contributed by atoms with Crippen molar-refractivity contribution in [2.75, 3.05) is 26.7 Å². The Bertz CT molecular complexity index is 548. The summed E-state index contributed by atoms with van der Waals surface area (Å²) in [5.74, 6) is -0.461. The van der Waals surface area contributed by atoms with Crippen LogP contribution in [0.15, 0.2) is 18.2 Å². The first-order chi connectivity index (χ1) is 9.99. The van der Waals surface area contributed by atoms with Crippen molar-refractivity contribution in [1.82, 2.24) is 15.5 Å². The molecule has 22 heavy (non-hydrogen) atoms. The summed E-state index contributed by atoms with van der Waals surface area (Å²) in [6.07, 6.45) is 0.934. The highest BCUT2D eigenvalue weighted by Crippen LogP contribution is 2.22. The zero-order valence-electron chi connectivity index (χ0n) is 12.1. The first-order valence-electron chi connectivity index (χ1n) is 6.68. The Morgan fingerprint density at radius 2 is 2.09 bits per heavy atom. The molecule has 1 heterocycles. The van der Waals surface area contributed by atoms with Crippen molar-refractivity contribution >= 4 is 47.4 Å². The number of carbonyl (C=O) groups excluding carboxylic acids is 2. The van der Waals surface area contributed by atoms with Gasteiger partial charge in [0.15, 0.2) is 0 Å². The van der Waals surface area contributed by atoms with Crippen LogP contribution in [0.2, 0.25) is 10.0 Å². The van der Waals surface area contributed by atoms with E-state index in [2.05, 4.69) is 10.6 Å². The number of nitrogens with one attached hydrogen (secondary N) is 2. The maximum Gasteiger partial charge on any atom is 0.251 e. The first kappa shape index (κ1) is 19.0. The molecule has 1 aromatic carbocycles. The van der Waals surface area contributed by atoms with Gasteiger partial charge in [0.1, 0.15) is 0 Å². The van der Waals surface area contributed by atoms with Gasteiger partial charge in [0.05, 0.1) is 16.6 Å². The third-order valence-corrected chi connectivity index (χ3v) is 4.30. The molecule has 2 N–H and O–H groups in total. The fraction of sp³-hybridized carbons (Fsp3) is 0.429. The smallest absolute Gasteiger partial charge is 0.251 e. The van der Waals surface area contributed by atoms with Crippen LogP contribution in [0.4, 0.5) is 0 Å². The fourth-order valence-electron chi connectivity index (χ4n) is 2.19. The molecule has 0 spiro atoms. The predicted molar refractivity (Wildman–Crippen MR) is 90.1 cm³/mol. The van der Waals surface area contributed by atoms with Crippen molar-refractivity contribution in [3.05, 3.63) is 33.8 Å². The van der Waals surface area contributed by atoms with E-state index in [4.69, 9.17) is 23.2 Å². The molecule has 2 rings (SSSR count). The number of amides is 2. The lowest BCUT2D eigenvalue weighted by molar-refractivity contribution is -0.130. The summed E-state index contributed by atoms with van der Waals surface area (Å²) in [7, 11) is 1.76. The summed E-state index contributed by atoms with van der Waals surface area (Å²) in [5.41, 5.74) is 0.377. The number of rotatable bonds is 4. The Balaban J connectivity index is 0.00000242. The molecule has 0 radical (unpaired) electrons. The molecule has 0 aliphatic carbocycles. The highest BCUT2D eigenvalue weighted by atomic mass is 35.5. The normalized spacial score (nSPS) is 16.8. The van der Waals surface area contributed by atoms with E-state index in [1.165, 1.54) is 6.07 Å². The van der Waals surface area contributed by atoms with Crippen LogP contribution in [0.5, 0.6) is 0 Å². The van der Waals surface area contributed by atoms with Gasteiger partial charge in [-0.3, -0.25) is 9.59 Å². The monoisotopic (exact) mass is 365 g/mol. The molecule has 8 heteroatoms. The van der Waals surface area contributed by atoms with E-state index in [-0.39, 0.29) is 36.8 Å². The number of hydrogen-bond donors (Lipinski definition) is 2. The van der Waals surface area contributed by atoms with Gasteiger partial charge in [-0.1, -0.05) is 23.2 Å². The van der Waals surface area contributed by atoms with Crippen LogP contribution in [-0.4, -0.2) is 49.4 Å². The number of halogens is 3. The molecule has 2 amide bonds. The lowest BCUT2D eigenvalue weighted by Gasteiger charge is -2.23. The van der Waals surface area contributed by atoms with Crippen LogP contribution in [0.1, 0.15) is 16.8 Å². The van der Waals surface area contributed by atoms with Gasteiger partial charge in [-0.05, 0) is 31.2 Å². The molecule has 0 saturated carbocycles. The van der Waals surface area contributed by atoms with E-state index in [0.29, 0.717) is 15.6 Å². The molecule has 1 aromatic rings. The average molecular weight is 367 g/mol. The lowest BCUT2D eigenvalue weighted by atomic mass is 10.2. The molecule has 1 fully saturated rings. The largest absolute Gasteiger partial charge is 0.343 e. The van der Waals surface area contributed by atoms with Crippen LogP contribution in [-0.2, 0) is 4.79 Å². The van der Waals surface area contributed by atoms with Crippen molar-refractivity contribution in [2.45, 2.75) is 12.5 Å². The van der Waals surface area contributed by atoms with Crippen molar-refractivity contribution in [1.29, 1.82) is 0 Å². The second kappa shape index (κ2) is 8.58. The van der Waals surface area contributed by atoms with E-state index >= 15 is 0 Å². The number of likely N-dealkylation sites (N-methyl/N-ethyl adjacent to an activating group) is 1. The van der Waals surface area contributed by atoms with Crippen molar-refractivity contribution in [3.8, 4) is 0 Å². The SMILES string of the molecule is CN(C(=O)CNC(=O)c1ccc(Cl)c(Cl)c1)C1CCNC1.Cl. The van der Waals surface area contributed by atoms with Gasteiger partial charge >= 0.3 is 0 Å². The number of benzene rings is 1. The number of carbonyl (C=O) groups is 2. The standard InChI is InChI=1S/C14H17Cl2N3O2.ClH/c1-19(10-4-5-17-7-10)13(20)8-18-14(21)9-2-3-11(15)12(16)6-9;/h2-3,6,10,17H,4-5,7-8H2,1H3,(H,18,21);1H. The minimum Gasteiger partial charge on any atom is -0.343 e. The van der Waals surface area contributed by atoms with Crippen LogP contribution in [0, 0.1) is 0 Å². The molecule has 0 bridgehead atoms. The molecule has 122 valence electrons. The average Bonchev–Trinajstić information content (AvgIpc) is 3.00. The minimum atomic E-state index is -0.347.